The van der Waals surface area contributed by atoms with Crippen LogP contribution < -0.4 is 5.32 Å². The Morgan fingerprint density at radius 3 is 2.76 bits per heavy atom. The number of carboxylic acid groups (broad SMARTS) is 1. The molecule has 0 saturated heterocycles. The van der Waals surface area contributed by atoms with E-state index in [1.807, 2.05) is 0 Å². The number of pyridine rings is 1. The lowest BCUT2D eigenvalue weighted by Crippen LogP contribution is -2.31. The summed E-state index contributed by atoms with van der Waals surface area (Å²) in [7, 11) is 1.64. The van der Waals surface area contributed by atoms with Crippen LogP contribution in [0.15, 0.2) is 30.7 Å². The number of aromatic amines is 1. The SMILES string of the molecule is CN(Cc1ncc[nH]1)C(=O)Nc1ccc(CC(=O)O)nc1. The van der Waals surface area contributed by atoms with E-state index in [0.29, 0.717) is 23.8 Å². The van der Waals surface area contributed by atoms with Gasteiger partial charge in [0.2, 0.25) is 0 Å². The van der Waals surface area contributed by atoms with Crippen molar-refractivity contribution in [2.75, 3.05) is 12.4 Å². The number of imidazole rings is 1. The highest BCUT2D eigenvalue weighted by molar-refractivity contribution is 5.88. The molecule has 8 nitrogen and oxygen atoms in total. The van der Waals surface area contributed by atoms with Crippen LogP contribution in [0.25, 0.3) is 0 Å². The Labute approximate surface area is 120 Å². The summed E-state index contributed by atoms with van der Waals surface area (Å²) < 4.78 is 0. The number of amides is 2. The maximum atomic E-state index is 12.0. The zero-order valence-electron chi connectivity index (χ0n) is 11.4. The summed E-state index contributed by atoms with van der Waals surface area (Å²) in [6.07, 6.45) is 4.59. The number of nitrogens with one attached hydrogen (secondary N) is 2. The average Bonchev–Trinajstić information content (AvgIpc) is 2.93. The van der Waals surface area contributed by atoms with Crippen LogP contribution in [-0.2, 0) is 17.8 Å². The van der Waals surface area contributed by atoms with E-state index in [1.165, 1.54) is 11.1 Å². The van der Waals surface area contributed by atoms with Crippen molar-refractivity contribution in [2.45, 2.75) is 13.0 Å². The van der Waals surface area contributed by atoms with Crippen LogP contribution in [0.3, 0.4) is 0 Å². The highest BCUT2D eigenvalue weighted by atomic mass is 16.4. The van der Waals surface area contributed by atoms with Crippen LogP contribution >= 0.6 is 0 Å². The van der Waals surface area contributed by atoms with E-state index in [0.717, 1.165) is 0 Å². The standard InChI is InChI=1S/C13H15N5O3/c1-18(8-11-14-4-5-15-11)13(21)17-10-3-2-9(16-7-10)6-12(19)20/h2-5,7H,6,8H2,1H3,(H,14,15)(H,17,21)(H,19,20). The van der Waals surface area contributed by atoms with Crippen LogP contribution in [0.1, 0.15) is 11.5 Å². The van der Waals surface area contributed by atoms with Crippen molar-refractivity contribution < 1.29 is 14.7 Å². The Kier molecular flexibility index (Phi) is 4.50. The Morgan fingerprint density at radius 1 is 1.38 bits per heavy atom. The van der Waals surface area contributed by atoms with Gasteiger partial charge < -0.3 is 20.3 Å². The molecule has 0 aliphatic heterocycles. The molecule has 2 rings (SSSR count). The fourth-order valence-electron chi connectivity index (χ4n) is 1.66. The predicted octanol–water partition coefficient (Wildman–Crippen LogP) is 1.10. The molecule has 0 spiro atoms. The number of hydrogen-bond donors (Lipinski definition) is 3. The first-order valence-electron chi connectivity index (χ1n) is 6.21. The number of urea groups is 1. The van der Waals surface area contributed by atoms with E-state index in [1.54, 1.807) is 31.6 Å². The van der Waals surface area contributed by atoms with E-state index in [-0.39, 0.29) is 12.5 Å². The third kappa shape index (κ3) is 4.30. The van der Waals surface area contributed by atoms with Crippen molar-refractivity contribution in [1.82, 2.24) is 19.9 Å². The topological polar surface area (TPSA) is 111 Å². The molecule has 3 N–H and O–H groups in total. The summed E-state index contributed by atoms with van der Waals surface area (Å²) in [5.74, 6) is -0.264. The molecule has 0 unspecified atom stereocenters. The first-order chi connectivity index (χ1) is 10.0. The van der Waals surface area contributed by atoms with Gasteiger partial charge in [-0.25, -0.2) is 9.78 Å². The second-order valence-electron chi connectivity index (χ2n) is 4.43. The summed E-state index contributed by atoms with van der Waals surface area (Å²) in [4.78, 5) is 34.9. The molecule has 2 heterocycles. The average molecular weight is 289 g/mol. The third-order valence-electron chi connectivity index (χ3n) is 2.70. The smallest absolute Gasteiger partial charge is 0.322 e. The van der Waals surface area contributed by atoms with Gasteiger partial charge in [-0.3, -0.25) is 9.78 Å². The summed E-state index contributed by atoms with van der Waals surface area (Å²) in [5, 5.41) is 11.3. The van der Waals surface area contributed by atoms with E-state index in [9.17, 15) is 9.59 Å². The van der Waals surface area contributed by atoms with Gasteiger partial charge in [-0.05, 0) is 12.1 Å². The van der Waals surface area contributed by atoms with Crippen molar-refractivity contribution in [1.29, 1.82) is 0 Å². The molecular weight excluding hydrogens is 274 g/mol. The van der Waals surface area contributed by atoms with E-state index in [4.69, 9.17) is 5.11 Å². The molecule has 0 fully saturated rings. The monoisotopic (exact) mass is 289 g/mol. The largest absolute Gasteiger partial charge is 0.481 e. The summed E-state index contributed by atoms with van der Waals surface area (Å²) in [5.41, 5.74) is 0.935. The number of rotatable bonds is 5. The van der Waals surface area contributed by atoms with Gasteiger partial charge >= 0.3 is 12.0 Å². The number of aliphatic carboxylic acids is 1. The fourth-order valence-corrected chi connectivity index (χ4v) is 1.66. The molecule has 0 atom stereocenters. The van der Waals surface area contributed by atoms with Crippen molar-refractivity contribution in [2.24, 2.45) is 0 Å². The zero-order chi connectivity index (χ0) is 15.2. The number of carboxylic acids is 1. The van der Waals surface area contributed by atoms with Crippen LogP contribution in [0, 0.1) is 0 Å². The molecule has 21 heavy (non-hydrogen) atoms. The maximum absolute atomic E-state index is 12.0. The fraction of sp³-hybridized carbons (Fsp3) is 0.231. The molecule has 2 aromatic rings. The van der Waals surface area contributed by atoms with Gasteiger partial charge in [-0.2, -0.15) is 0 Å². The number of carbonyl (C=O) groups is 2. The van der Waals surface area contributed by atoms with E-state index >= 15 is 0 Å². The lowest BCUT2D eigenvalue weighted by atomic mass is 10.2. The van der Waals surface area contributed by atoms with E-state index in [2.05, 4.69) is 20.3 Å². The Balaban J connectivity index is 1.91. The molecule has 0 aliphatic rings. The number of hydrogen-bond acceptors (Lipinski definition) is 4. The first kappa shape index (κ1) is 14.5. The van der Waals surface area contributed by atoms with Crippen molar-refractivity contribution in [3.05, 3.63) is 42.2 Å². The lowest BCUT2D eigenvalue weighted by molar-refractivity contribution is -0.136. The van der Waals surface area contributed by atoms with Gasteiger partial charge in [0, 0.05) is 19.4 Å². The molecule has 0 bridgehead atoms. The number of anilines is 1. The van der Waals surface area contributed by atoms with Gasteiger partial charge in [-0.1, -0.05) is 0 Å². The van der Waals surface area contributed by atoms with Gasteiger partial charge in [0.15, 0.2) is 0 Å². The molecule has 0 aliphatic carbocycles. The van der Waals surface area contributed by atoms with Gasteiger partial charge in [-0.15, -0.1) is 0 Å². The first-order valence-corrected chi connectivity index (χ1v) is 6.21. The van der Waals surface area contributed by atoms with Crippen LogP contribution in [0.2, 0.25) is 0 Å². The summed E-state index contributed by atoms with van der Waals surface area (Å²) in [6.45, 7) is 0.351. The number of H-pyrrole nitrogens is 1. The molecule has 8 heteroatoms. The molecule has 0 saturated carbocycles. The molecule has 110 valence electrons. The molecule has 2 aromatic heterocycles. The Morgan fingerprint density at radius 2 is 2.19 bits per heavy atom. The minimum absolute atomic E-state index is 0.146. The third-order valence-corrected chi connectivity index (χ3v) is 2.70. The van der Waals surface area contributed by atoms with E-state index < -0.39 is 5.97 Å². The molecule has 0 aromatic carbocycles. The van der Waals surface area contributed by atoms with Crippen LogP contribution in [0.5, 0.6) is 0 Å². The zero-order valence-corrected chi connectivity index (χ0v) is 11.4. The minimum Gasteiger partial charge on any atom is -0.481 e. The number of aromatic nitrogens is 3. The molecule has 0 radical (unpaired) electrons. The van der Waals surface area contributed by atoms with Crippen LogP contribution in [-0.4, -0.2) is 44.0 Å². The summed E-state index contributed by atoms with van der Waals surface area (Å²) >= 11 is 0. The summed E-state index contributed by atoms with van der Waals surface area (Å²) in [6, 6.07) is 2.87. The number of nitrogens with zero attached hydrogens (tertiary/aromatic N) is 3. The second-order valence-corrected chi connectivity index (χ2v) is 4.43. The maximum Gasteiger partial charge on any atom is 0.322 e. The second kappa shape index (κ2) is 6.51. The quantitative estimate of drug-likeness (QED) is 0.763. The van der Waals surface area contributed by atoms with Gasteiger partial charge in [0.1, 0.15) is 5.82 Å². The minimum atomic E-state index is -0.947. The lowest BCUT2D eigenvalue weighted by Gasteiger charge is -2.16. The molecular formula is C13H15N5O3. The highest BCUT2D eigenvalue weighted by Gasteiger charge is 2.11. The van der Waals surface area contributed by atoms with Crippen LogP contribution in [0.4, 0.5) is 10.5 Å². The number of carbonyl (C=O) groups excluding carboxylic acids is 1. The van der Waals surface area contributed by atoms with Crippen molar-refractivity contribution >= 4 is 17.7 Å². The highest BCUT2D eigenvalue weighted by Crippen LogP contribution is 2.08. The van der Waals surface area contributed by atoms with Crippen molar-refractivity contribution in [3.8, 4) is 0 Å². The van der Waals surface area contributed by atoms with Crippen molar-refractivity contribution in [3.63, 3.8) is 0 Å². The normalized spacial score (nSPS) is 10.1. The van der Waals surface area contributed by atoms with Gasteiger partial charge in [0.25, 0.3) is 0 Å². The molecule has 2 amide bonds. The van der Waals surface area contributed by atoms with Gasteiger partial charge in [0.05, 0.1) is 30.5 Å². The Hall–Kier alpha value is -2.90. The Bertz CT molecular complexity index is 609. The predicted molar refractivity (Wildman–Crippen MR) is 74.7 cm³/mol.